The summed E-state index contributed by atoms with van der Waals surface area (Å²) in [6, 6.07) is 0. The molecule has 0 aliphatic carbocycles. The molecule has 76 heavy (non-hydrogen) atoms. The van der Waals surface area contributed by atoms with E-state index in [1.165, 1.54) is 64.2 Å². The van der Waals surface area contributed by atoms with Crippen molar-refractivity contribution in [1.82, 2.24) is 0 Å². The molecule has 1 unspecified atom stereocenters. The largest absolute Gasteiger partial charge is 0.462 e. The number of carbonyl (C=O) groups is 3. The van der Waals surface area contributed by atoms with Crippen LogP contribution in [-0.4, -0.2) is 37.2 Å². The third kappa shape index (κ3) is 59.9. The Morgan fingerprint density at radius 1 is 0.276 bits per heavy atom. The molecular weight excluding hydrogens is 937 g/mol. The number of ether oxygens (including phenoxy) is 3. The van der Waals surface area contributed by atoms with Gasteiger partial charge in [-0.2, -0.15) is 0 Å². The van der Waals surface area contributed by atoms with Crippen molar-refractivity contribution in [3.8, 4) is 0 Å². The Kier molecular flexibility index (Phi) is 58.5. The molecule has 0 N–H and O–H groups in total. The molecule has 0 heterocycles. The van der Waals surface area contributed by atoms with E-state index in [4.69, 9.17) is 14.2 Å². The van der Waals surface area contributed by atoms with Gasteiger partial charge in [0.05, 0.1) is 0 Å². The first kappa shape index (κ1) is 71.0. The van der Waals surface area contributed by atoms with Gasteiger partial charge in [-0.05, 0) is 122 Å². The molecule has 1 atom stereocenters. The first-order valence-electron chi connectivity index (χ1n) is 30.5. The van der Waals surface area contributed by atoms with E-state index in [1.54, 1.807) is 0 Å². The summed E-state index contributed by atoms with van der Waals surface area (Å²) in [6.45, 7) is 6.32. The second kappa shape index (κ2) is 62.6. The third-order valence-corrected chi connectivity index (χ3v) is 12.3. The predicted molar refractivity (Wildman–Crippen MR) is 329 cm³/mol. The molecule has 0 aliphatic heterocycles. The minimum atomic E-state index is -0.818. The van der Waals surface area contributed by atoms with Crippen LogP contribution in [-0.2, 0) is 28.6 Å². The van der Waals surface area contributed by atoms with E-state index >= 15 is 0 Å². The first-order valence-corrected chi connectivity index (χ1v) is 30.5. The molecule has 6 nitrogen and oxygen atoms in total. The van der Waals surface area contributed by atoms with Gasteiger partial charge < -0.3 is 14.2 Å². The van der Waals surface area contributed by atoms with Crippen molar-refractivity contribution in [2.24, 2.45) is 0 Å². The van der Waals surface area contributed by atoms with Crippen LogP contribution in [0.5, 0.6) is 0 Å². The Labute approximate surface area is 467 Å². The number of hydrogen-bond donors (Lipinski definition) is 0. The van der Waals surface area contributed by atoms with Crippen molar-refractivity contribution in [2.45, 2.75) is 252 Å². The molecule has 0 bridgehead atoms. The Hall–Kier alpha value is -4.97. The molecule has 0 saturated heterocycles. The summed E-state index contributed by atoms with van der Waals surface area (Å²) in [6.07, 6.45) is 91.2. The van der Waals surface area contributed by atoms with E-state index < -0.39 is 6.10 Å². The monoisotopic (exact) mass is 1050 g/mol. The molecule has 0 radical (unpaired) electrons. The molecule has 0 aromatic carbocycles. The molecule has 0 aromatic heterocycles. The van der Waals surface area contributed by atoms with Crippen LogP contribution < -0.4 is 0 Å². The summed E-state index contributed by atoms with van der Waals surface area (Å²) in [4.78, 5) is 38.1. The Bertz CT molecular complexity index is 1720. The van der Waals surface area contributed by atoms with Gasteiger partial charge in [0.25, 0.3) is 0 Å². The lowest BCUT2D eigenvalue weighted by Crippen LogP contribution is -2.30. The maximum absolute atomic E-state index is 12.8. The van der Waals surface area contributed by atoms with Crippen molar-refractivity contribution in [3.05, 3.63) is 158 Å². The summed E-state index contributed by atoms with van der Waals surface area (Å²) in [5.74, 6) is -0.989. The van der Waals surface area contributed by atoms with E-state index in [0.29, 0.717) is 19.3 Å². The topological polar surface area (TPSA) is 78.9 Å². The molecular formula is C70H110O6. The lowest BCUT2D eigenvalue weighted by molar-refractivity contribution is -0.167. The van der Waals surface area contributed by atoms with Crippen molar-refractivity contribution >= 4 is 17.9 Å². The molecule has 0 rings (SSSR count). The van der Waals surface area contributed by atoms with Crippen LogP contribution in [0, 0.1) is 0 Å². The van der Waals surface area contributed by atoms with Crippen LogP contribution in [0.4, 0.5) is 0 Å². The van der Waals surface area contributed by atoms with Crippen LogP contribution in [0.3, 0.4) is 0 Å². The normalized spacial score (nSPS) is 13.2. The number of rotatable bonds is 53. The standard InChI is InChI=1S/C70H110O6/c1-4-7-10-13-16-19-21-23-25-27-29-31-33-34-35-36-38-39-41-43-45-47-49-51-54-57-60-63-69(72)75-66-67(65-74-68(71)62-59-56-53-18-15-12-9-6-3)76-70(73)64-61-58-55-52-50-48-46-44-42-40-37-32-30-28-26-24-22-20-17-14-11-8-5-2/h7-8,10-11,16-17,19-20,23-26,29-32,34-35,38-40,42,46,48,52,55,67H,4-6,9,12-15,18,21-22,27-28,33,36-37,41,43-45,47,49-51,53-54,56-66H2,1-3H3/b10-7-,11-8-,19-16-,20-17-,25-23-,26-24-,31-29-,32-30-,35-34-,39-38-,42-40-,48-46-,55-52-. The van der Waals surface area contributed by atoms with Crippen LogP contribution >= 0.6 is 0 Å². The predicted octanol–water partition coefficient (Wildman–Crippen LogP) is 20.9. The molecule has 0 amide bonds. The highest BCUT2D eigenvalue weighted by Gasteiger charge is 2.19. The summed E-state index contributed by atoms with van der Waals surface area (Å²) in [7, 11) is 0. The summed E-state index contributed by atoms with van der Waals surface area (Å²) in [5, 5.41) is 0. The molecule has 426 valence electrons. The maximum atomic E-state index is 12.8. The number of esters is 3. The van der Waals surface area contributed by atoms with Gasteiger partial charge in [0, 0.05) is 19.3 Å². The van der Waals surface area contributed by atoms with Gasteiger partial charge in [-0.25, -0.2) is 0 Å². The average Bonchev–Trinajstić information content (AvgIpc) is 3.42. The molecule has 0 aliphatic rings. The zero-order valence-electron chi connectivity index (χ0n) is 48.7. The van der Waals surface area contributed by atoms with E-state index in [1.807, 2.05) is 0 Å². The number of carbonyl (C=O) groups excluding carboxylic acids is 3. The minimum absolute atomic E-state index is 0.109. The highest BCUT2D eigenvalue weighted by atomic mass is 16.6. The third-order valence-electron chi connectivity index (χ3n) is 12.3. The zero-order valence-corrected chi connectivity index (χ0v) is 48.7. The lowest BCUT2D eigenvalue weighted by atomic mass is 10.1. The van der Waals surface area contributed by atoms with Crippen molar-refractivity contribution < 1.29 is 28.6 Å². The van der Waals surface area contributed by atoms with E-state index in [0.717, 1.165) is 135 Å². The quantitative estimate of drug-likeness (QED) is 0.0261. The molecule has 0 spiro atoms. The van der Waals surface area contributed by atoms with Crippen LogP contribution in [0.15, 0.2) is 158 Å². The van der Waals surface area contributed by atoms with E-state index in [9.17, 15) is 14.4 Å². The van der Waals surface area contributed by atoms with E-state index in [2.05, 4.69) is 179 Å². The molecule has 0 saturated carbocycles. The fourth-order valence-corrected chi connectivity index (χ4v) is 7.79. The van der Waals surface area contributed by atoms with Gasteiger partial charge >= 0.3 is 17.9 Å². The smallest absolute Gasteiger partial charge is 0.306 e. The van der Waals surface area contributed by atoms with Gasteiger partial charge in [-0.1, -0.05) is 262 Å². The number of unbranched alkanes of at least 4 members (excludes halogenated alkanes) is 16. The second-order valence-electron chi connectivity index (χ2n) is 19.5. The number of hydrogen-bond acceptors (Lipinski definition) is 6. The van der Waals surface area contributed by atoms with Crippen molar-refractivity contribution in [1.29, 1.82) is 0 Å². The minimum Gasteiger partial charge on any atom is -0.462 e. The van der Waals surface area contributed by atoms with Gasteiger partial charge in [-0.3, -0.25) is 14.4 Å². The van der Waals surface area contributed by atoms with E-state index in [-0.39, 0.29) is 37.5 Å². The van der Waals surface area contributed by atoms with Gasteiger partial charge in [0.1, 0.15) is 13.2 Å². The van der Waals surface area contributed by atoms with Crippen LogP contribution in [0.1, 0.15) is 245 Å². The van der Waals surface area contributed by atoms with Crippen molar-refractivity contribution in [2.75, 3.05) is 13.2 Å². The SMILES string of the molecule is CC/C=C\C/C=C\C/C=C\C/C=C\C/C=C\C/C=C\C/C=C\CCCC(=O)OC(COC(=O)CCCCCCCCCC)COC(=O)CCCCCCCCCC/C=C\C/C=C\C/C=C\C/C=C\C/C=C\C/C=C\CC. The Morgan fingerprint density at radius 3 is 0.842 bits per heavy atom. The Morgan fingerprint density at radius 2 is 0.526 bits per heavy atom. The Balaban J connectivity index is 4.35. The summed E-state index contributed by atoms with van der Waals surface area (Å²) < 4.78 is 16.8. The highest BCUT2D eigenvalue weighted by molar-refractivity contribution is 5.71. The maximum Gasteiger partial charge on any atom is 0.306 e. The second-order valence-corrected chi connectivity index (χ2v) is 19.5. The summed E-state index contributed by atoms with van der Waals surface area (Å²) in [5.41, 5.74) is 0. The molecule has 0 aromatic rings. The first-order chi connectivity index (χ1) is 37.5. The van der Waals surface area contributed by atoms with Crippen molar-refractivity contribution in [3.63, 3.8) is 0 Å². The molecule has 6 heteroatoms. The van der Waals surface area contributed by atoms with Gasteiger partial charge in [0.15, 0.2) is 6.10 Å². The van der Waals surface area contributed by atoms with Crippen LogP contribution in [0.2, 0.25) is 0 Å². The molecule has 0 fully saturated rings. The van der Waals surface area contributed by atoms with Gasteiger partial charge in [0.2, 0.25) is 0 Å². The fourth-order valence-electron chi connectivity index (χ4n) is 7.79. The average molecular weight is 1050 g/mol. The highest BCUT2D eigenvalue weighted by Crippen LogP contribution is 2.14. The lowest BCUT2D eigenvalue weighted by Gasteiger charge is -2.18. The fraction of sp³-hybridized carbons (Fsp3) is 0.586. The number of allylic oxidation sites excluding steroid dienone is 26. The van der Waals surface area contributed by atoms with Crippen LogP contribution in [0.25, 0.3) is 0 Å². The van der Waals surface area contributed by atoms with Gasteiger partial charge in [-0.15, -0.1) is 0 Å². The zero-order chi connectivity index (χ0) is 55.0. The summed E-state index contributed by atoms with van der Waals surface area (Å²) >= 11 is 0.